The van der Waals surface area contributed by atoms with E-state index in [4.69, 9.17) is 28.4 Å². The number of methoxy groups -OCH3 is 1. The lowest BCUT2D eigenvalue weighted by atomic mass is 9.77. The number of ether oxygens (including phenoxy) is 6. The number of nitrogens with one attached hydrogen (secondary N) is 1. The van der Waals surface area contributed by atoms with E-state index >= 15 is 0 Å². The van der Waals surface area contributed by atoms with E-state index in [0.29, 0.717) is 32.5 Å². The number of aliphatic hydroxyl groups excluding tert-OH is 3. The number of hydrogen-bond acceptors (Lipinski definition) is 16. The number of amides is 1. The van der Waals surface area contributed by atoms with Crippen LogP contribution in [0.5, 0.6) is 0 Å². The molecule has 3 saturated heterocycles. The standard InChI is InChI=1S/C60H89N3O13S/c1-14-47-60(10,70)53(66)38(6)63(27-19-26-61-48(64)25-24-42-30-45-43-22-17-15-20-40(43)29-41-21-16-18-23-44(41)52(45)77-42)33-34(2)31-58(8,69)55(76-57-50(65)46(62(11)12)28-35(3)72-57)36(4)51(37(5)56(68)74-47)75-49-32-59(9,71-13)54(67)39(7)73-49/h15-18,20-25,30,34-39,46-47,49-51,53-55,57,65-67,69-70H,14,19,26-29,31-33H2,1-13H3,(H,61,64)/b25-24+/t34-,35-,36+,37-,38-,39-,46+,47-,49-,50-,51+,53-,54+,55-,57+,58-,59-,60-/m1/s1. The second kappa shape index (κ2) is 25.4. The van der Waals surface area contributed by atoms with Gasteiger partial charge in [0.25, 0.3) is 0 Å². The molecule has 1 aromatic heterocycles. The molecular formula is C60H89N3O13S. The van der Waals surface area contributed by atoms with Crippen LogP contribution in [0, 0.1) is 17.8 Å². The number of rotatable bonds is 13. The van der Waals surface area contributed by atoms with Crippen molar-refractivity contribution >= 4 is 29.3 Å². The second-order valence-electron chi connectivity index (χ2n) is 23.6. The highest BCUT2D eigenvalue weighted by molar-refractivity contribution is 7.17. The Bertz CT molecular complexity index is 2420. The number of likely N-dealkylation sites (N-methyl/N-ethyl adjacent to an activating group) is 1. The molecule has 7 rings (SSSR count). The van der Waals surface area contributed by atoms with Gasteiger partial charge < -0.3 is 64.2 Å². The van der Waals surface area contributed by atoms with Crippen molar-refractivity contribution in [3.8, 4) is 21.6 Å². The number of nitrogens with zero attached hydrogens (tertiary/aromatic N) is 2. The van der Waals surface area contributed by atoms with Gasteiger partial charge in [0.15, 0.2) is 12.6 Å². The monoisotopic (exact) mass is 1090 g/mol. The van der Waals surface area contributed by atoms with E-state index in [-0.39, 0.29) is 43.2 Å². The summed E-state index contributed by atoms with van der Waals surface area (Å²) in [7, 11) is 5.27. The maximum atomic E-state index is 14.7. The van der Waals surface area contributed by atoms with Crippen molar-refractivity contribution in [1.29, 1.82) is 0 Å². The Balaban J connectivity index is 1.14. The summed E-state index contributed by atoms with van der Waals surface area (Å²) in [5.74, 6) is -3.15. The van der Waals surface area contributed by atoms with Gasteiger partial charge >= 0.3 is 5.97 Å². The van der Waals surface area contributed by atoms with Gasteiger partial charge in [-0.2, -0.15) is 0 Å². The maximum absolute atomic E-state index is 14.7. The number of thiophene rings is 1. The van der Waals surface area contributed by atoms with Gasteiger partial charge in [0.2, 0.25) is 5.91 Å². The quantitative estimate of drug-likeness (QED) is 0.0463. The SMILES string of the molecule is CC[C@H]1OC(=O)[C@H](C)[C@@H](O[C@@H]2C[C@@](C)(OC)[C@@H](O)[C@@H](C)O2)[C@H](C)[C@@H](O[C@@H]2O[C@H](C)C[C@H](N(C)C)[C@H]2O)[C@](C)(O)C[C@@H](C)CN(CCCNC(=O)/C=C/c2cc3c(s2)-c2ccccc2Cc2ccccc2-3)[C@H](C)[C@@H](O)[C@]1(C)O. The van der Waals surface area contributed by atoms with Crippen molar-refractivity contribution in [1.82, 2.24) is 15.1 Å². The van der Waals surface area contributed by atoms with Gasteiger partial charge in [-0.25, -0.2) is 0 Å². The van der Waals surface area contributed by atoms with Crippen LogP contribution in [0.25, 0.3) is 27.6 Å². The molecule has 3 fully saturated rings. The summed E-state index contributed by atoms with van der Waals surface area (Å²) in [5.41, 5.74) is 1.43. The third kappa shape index (κ3) is 13.7. The highest BCUT2D eigenvalue weighted by Crippen LogP contribution is 2.46. The highest BCUT2D eigenvalue weighted by atomic mass is 32.1. The first kappa shape index (κ1) is 61.0. The van der Waals surface area contributed by atoms with Crippen LogP contribution < -0.4 is 5.32 Å². The fraction of sp³-hybridized carbons (Fsp3) is 0.667. The number of carbonyl (C=O) groups excluding carboxylic acids is 2. The lowest BCUT2D eigenvalue weighted by molar-refractivity contribution is -0.318. The number of hydrogen-bond donors (Lipinski definition) is 6. The number of fused-ring (bicyclic) bond motifs is 5. The number of cyclic esters (lactones) is 1. The highest BCUT2D eigenvalue weighted by Gasteiger charge is 2.53. The number of esters is 1. The summed E-state index contributed by atoms with van der Waals surface area (Å²) in [6.45, 7) is 18.6. The van der Waals surface area contributed by atoms with Gasteiger partial charge in [0.1, 0.15) is 30.0 Å². The molecule has 77 heavy (non-hydrogen) atoms. The maximum Gasteiger partial charge on any atom is 0.311 e. The Kier molecular flexibility index (Phi) is 20.1. The van der Waals surface area contributed by atoms with Gasteiger partial charge in [-0.1, -0.05) is 69.3 Å². The first-order valence-electron chi connectivity index (χ1n) is 27.8. The van der Waals surface area contributed by atoms with Crippen molar-refractivity contribution in [2.45, 2.75) is 198 Å². The number of benzene rings is 2. The molecule has 4 aliphatic rings. The van der Waals surface area contributed by atoms with E-state index in [1.54, 1.807) is 52.0 Å². The first-order chi connectivity index (χ1) is 36.3. The van der Waals surface area contributed by atoms with Crippen LogP contribution in [-0.4, -0.2) is 178 Å². The fourth-order valence-electron chi connectivity index (χ4n) is 12.5. The van der Waals surface area contributed by atoms with Gasteiger partial charge in [-0.15, -0.1) is 11.3 Å². The molecule has 0 unspecified atom stereocenters. The van der Waals surface area contributed by atoms with E-state index in [2.05, 4.69) is 59.9 Å². The Morgan fingerprint density at radius 1 is 0.909 bits per heavy atom. The van der Waals surface area contributed by atoms with Crippen LogP contribution in [0.3, 0.4) is 0 Å². The molecule has 16 nitrogen and oxygen atoms in total. The Morgan fingerprint density at radius 3 is 2.23 bits per heavy atom. The summed E-state index contributed by atoms with van der Waals surface area (Å²) < 4.78 is 38.3. The third-order valence-corrected chi connectivity index (χ3v) is 18.2. The number of carbonyl (C=O) groups is 2. The molecule has 1 aliphatic carbocycles. The van der Waals surface area contributed by atoms with Gasteiger partial charge in [-0.05, 0) is 135 Å². The normalized spacial score (nSPS) is 37.7. The third-order valence-electron chi connectivity index (χ3n) is 17.1. The smallest absolute Gasteiger partial charge is 0.311 e. The van der Waals surface area contributed by atoms with Crippen LogP contribution in [0.15, 0.2) is 60.7 Å². The van der Waals surface area contributed by atoms with Crippen molar-refractivity contribution in [3.05, 3.63) is 76.7 Å². The van der Waals surface area contributed by atoms with E-state index in [0.717, 1.165) is 16.9 Å². The Morgan fingerprint density at radius 2 is 1.57 bits per heavy atom. The van der Waals surface area contributed by atoms with E-state index in [1.165, 1.54) is 41.2 Å². The molecule has 1 amide bonds. The molecular weight excluding hydrogens is 1000 g/mol. The summed E-state index contributed by atoms with van der Waals surface area (Å²) in [5, 5.41) is 63.5. The minimum absolute atomic E-state index is 0.0976. The molecule has 18 atom stereocenters. The molecule has 3 aliphatic heterocycles. The summed E-state index contributed by atoms with van der Waals surface area (Å²) >= 11 is 1.66. The lowest BCUT2D eigenvalue weighted by Crippen LogP contribution is -2.60. The molecule has 428 valence electrons. The van der Waals surface area contributed by atoms with Crippen LogP contribution >= 0.6 is 11.3 Å². The average Bonchev–Trinajstić information content (AvgIpc) is 3.77. The predicted octanol–water partition coefficient (Wildman–Crippen LogP) is 6.79. The molecule has 0 saturated carbocycles. The van der Waals surface area contributed by atoms with Crippen molar-refractivity contribution in [3.63, 3.8) is 0 Å². The van der Waals surface area contributed by atoms with E-state index < -0.39 is 96.0 Å². The zero-order valence-corrected chi connectivity index (χ0v) is 48.5. The summed E-state index contributed by atoms with van der Waals surface area (Å²) in [4.78, 5) is 34.2. The summed E-state index contributed by atoms with van der Waals surface area (Å²) in [6, 6.07) is 18.1. The molecule has 0 bridgehead atoms. The first-order valence-corrected chi connectivity index (χ1v) is 28.6. The number of aliphatic hydroxyl groups is 5. The minimum Gasteiger partial charge on any atom is -0.459 e. The summed E-state index contributed by atoms with van der Waals surface area (Å²) in [6.07, 6.45) is -4.35. The predicted molar refractivity (Wildman–Crippen MR) is 298 cm³/mol. The zero-order valence-electron chi connectivity index (χ0n) is 47.7. The van der Waals surface area contributed by atoms with Crippen LogP contribution in [-0.2, 0) is 44.4 Å². The molecule has 6 N–H and O–H groups in total. The largest absolute Gasteiger partial charge is 0.459 e. The van der Waals surface area contributed by atoms with E-state index in [1.807, 2.05) is 57.7 Å². The molecule has 0 radical (unpaired) electrons. The van der Waals surface area contributed by atoms with Crippen molar-refractivity contribution in [2.24, 2.45) is 17.8 Å². The second-order valence-corrected chi connectivity index (χ2v) is 24.7. The van der Waals surface area contributed by atoms with Crippen LogP contribution in [0.4, 0.5) is 0 Å². The topological polar surface area (TPSA) is 209 Å². The molecule has 3 aromatic rings. The molecule has 17 heteroatoms. The fourth-order valence-corrected chi connectivity index (χ4v) is 13.7. The minimum atomic E-state index is -1.93. The molecule has 0 spiro atoms. The molecule has 2 aromatic carbocycles. The van der Waals surface area contributed by atoms with Crippen molar-refractivity contribution in [2.75, 3.05) is 40.8 Å². The van der Waals surface area contributed by atoms with Gasteiger partial charge in [0, 0.05) is 72.6 Å². The van der Waals surface area contributed by atoms with Gasteiger partial charge in [0.05, 0.1) is 41.5 Å². The average molecular weight is 1090 g/mol. The van der Waals surface area contributed by atoms with E-state index in [9.17, 15) is 35.1 Å². The lowest BCUT2D eigenvalue weighted by Gasteiger charge is -2.48. The Hall–Kier alpha value is -3.66. The molecule has 4 heterocycles. The zero-order chi connectivity index (χ0) is 56.3. The Labute approximate surface area is 461 Å². The van der Waals surface area contributed by atoms with Crippen molar-refractivity contribution < 1.29 is 63.5 Å². The van der Waals surface area contributed by atoms with Crippen LogP contribution in [0.2, 0.25) is 0 Å². The van der Waals surface area contributed by atoms with Crippen LogP contribution in [0.1, 0.15) is 117 Å². The van der Waals surface area contributed by atoms with Gasteiger partial charge in [-0.3, -0.25) is 14.5 Å².